The topological polar surface area (TPSA) is 152 Å². The van der Waals surface area contributed by atoms with E-state index in [1.807, 2.05) is 0 Å². The summed E-state index contributed by atoms with van der Waals surface area (Å²) in [6.45, 7) is 0. The van der Waals surface area contributed by atoms with E-state index in [9.17, 15) is 23.1 Å². The van der Waals surface area contributed by atoms with Crippen LogP contribution in [0.15, 0.2) is 58.4 Å². The monoisotopic (exact) mass is 427 g/mol. The number of anilines is 1. The minimum atomic E-state index is -3.95. The van der Waals surface area contributed by atoms with Crippen molar-refractivity contribution in [3.05, 3.63) is 64.6 Å². The number of aromatic hydroxyl groups is 1. The molecule has 2 heterocycles. The first-order valence-corrected chi connectivity index (χ1v) is 10.4. The van der Waals surface area contributed by atoms with E-state index in [-0.39, 0.29) is 40.2 Å². The van der Waals surface area contributed by atoms with Crippen LogP contribution in [0.5, 0.6) is 5.75 Å². The van der Waals surface area contributed by atoms with Gasteiger partial charge < -0.3 is 20.2 Å². The van der Waals surface area contributed by atoms with E-state index in [4.69, 9.17) is 5.11 Å². The van der Waals surface area contributed by atoms with Crippen LogP contribution in [0.1, 0.15) is 12.0 Å². The number of hydrogen-bond donors (Lipinski definition) is 5. The van der Waals surface area contributed by atoms with E-state index in [2.05, 4.69) is 14.7 Å². The Balaban J connectivity index is 1.84. The average molecular weight is 427 g/mol. The first kappa shape index (κ1) is 19.5. The fourth-order valence-corrected chi connectivity index (χ4v) is 4.41. The summed E-state index contributed by atoms with van der Waals surface area (Å²) in [5.74, 6) is -0.962. The van der Waals surface area contributed by atoms with Crippen LogP contribution in [0.25, 0.3) is 21.8 Å². The zero-order chi connectivity index (χ0) is 21.5. The summed E-state index contributed by atoms with van der Waals surface area (Å²) in [5, 5.41) is 19.3. The summed E-state index contributed by atoms with van der Waals surface area (Å²) in [7, 11) is -3.95. The highest BCUT2D eigenvalue weighted by Crippen LogP contribution is 2.28. The first-order valence-electron chi connectivity index (χ1n) is 8.94. The van der Waals surface area contributed by atoms with E-state index in [0.717, 1.165) is 0 Å². The molecule has 0 saturated heterocycles. The third kappa shape index (κ3) is 3.60. The van der Waals surface area contributed by atoms with Crippen LogP contribution in [-0.4, -0.2) is 34.6 Å². The van der Waals surface area contributed by atoms with E-state index in [1.165, 1.54) is 42.5 Å². The molecule has 0 spiro atoms. The molecule has 0 unspecified atom stereocenters. The van der Waals surface area contributed by atoms with Crippen LogP contribution in [0.4, 0.5) is 5.69 Å². The molecule has 5 N–H and O–H groups in total. The fraction of sp³-hybridized carbons (Fsp3) is 0.100. The third-order valence-corrected chi connectivity index (χ3v) is 6.11. The number of carboxylic acid groups (broad SMARTS) is 1. The van der Waals surface area contributed by atoms with Crippen LogP contribution in [0, 0.1) is 0 Å². The van der Waals surface area contributed by atoms with E-state index in [1.54, 1.807) is 6.20 Å². The van der Waals surface area contributed by atoms with Gasteiger partial charge in [0.25, 0.3) is 15.6 Å². The van der Waals surface area contributed by atoms with Crippen LogP contribution in [0.2, 0.25) is 0 Å². The number of carbonyl (C=O) groups is 1. The van der Waals surface area contributed by atoms with Gasteiger partial charge in [-0.1, -0.05) is 0 Å². The molecule has 0 amide bonds. The van der Waals surface area contributed by atoms with Crippen molar-refractivity contribution in [1.29, 1.82) is 0 Å². The van der Waals surface area contributed by atoms with Crippen molar-refractivity contribution in [1.82, 2.24) is 9.97 Å². The molecule has 10 heteroatoms. The van der Waals surface area contributed by atoms with Crippen LogP contribution < -0.4 is 10.3 Å². The van der Waals surface area contributed by atoms with Crippen molar-refractivity contribution >= 4 is 43.5 Å². The number of aryl methyl sites for hydroxylation is 1. The fourth-order valence-electron chi connectivity index (χ4n) is 3.32. The van der Waals surface area contributed by atoms with Crippen molar-refractivity contribution < 1.29 is 23.4 Å². The van der Waals surface area contributed by atoms with Gasteiger partial charge in [0, 0.05) is 34.6 Å². The predicted molar refractivity (Wildman–Crippen MR) is 111 cm³/mol. The Morgan fingerprint density at radius 3 is 2.53 bits per heavy atom. The predicted octanol–water partition coefficient (Wildman–Crippen LogP) is 2.53. The molecule has 0 saturated carbocycles. The van der Waals surface area contributed by atoms with Gasteiger partial charge in [-0.25, -0.2) is 8.42 Å². The number of fused-ring (bicyclic) bond motifs is 3. The average Bonchev–Trinajstić information content (AvgIpc) is 3.13. The lowest BCUT2D eigenvalue weighted by atomic mass is 10.0. The number of nitrogens with one attached hydrogen (secondary N) is 3. The van der Waals surface area contributed by atoms with E-state index in [0.29, 0.717) is 21.9 Å². The van der Waals surface area contributed by atoms with Crippen molar-refractivity contribution in [2.45, 2.75) is 17.7 Å². The van der Waals surface area contributed by atoms with Crippen molar-refractivity contribution in [2.75, 3.05) is 4.72 Å². The Morgan fingerprint density at radius 1 is 1.10 bits per heavy atom. The number of H-pyrrole nitrogens is 2. The van der Waals surface area contributed by atoms with E-state index < -0.39 is 16.0 Å². The van der Waals surface area contributed by atoms with Crippen LogP contribution in [0.3, 0.4) is 0 Å². The maximum Gasteiger partial charge on any atom is 0.303 e. The number of aromatic amines is 2. The van der Waals surface area contributed by atoms with Crippen molar-refractivity contribution in [2.24, 2.45) is 0 Å². The third-order valence-electron chi connectivity index (χ3n) is 4.74. The van der Waals surface area contributed by atoms with Gasteiger partial charge >= 0.3 is 5.97 Å². The molecule has 0 aliphatic heterocycles. The molecule has 0 radical (unpaired) electrons. The normalized spacial score (nSPS) is 11.7. The minimum Gasteiger partial charge on any atom is -0.508 e. The van der Waals surface area contributed by atoms with Gasteiger partial charge in [-0.3, -0.25) is 14.3 Å². The quantitative estimate of drug-likeness (QED) is 0.298. The number of aromatic nitrogens is 2. The maximum atomic E-state index is 12.8. The second-order valence-electron chi connectivity index (χ2n) is 6.77. The van der Waals surface area contributed by atoms with Crippen LogP contribution >= 0.6 is 0 Å². The van der Waals surface area contributed by atoms with Crippen molar-refractivity contribution in [3.8, 4) is 5.75 Å². The molecule has 0 atom stereocenters. The lowest BCUT2D eigenvalue weighted by Gasteiger charge is -2.10. The van der Waals surface area contributed by atoms with Gasteiger partial charge in [0.1, 0.15) is 11.3 Å². The minimum absolute atomic E-state index is 0.0105. The number of aliphatic carboxylic acids is 1. The van der Waals surface area contributed by atoms with Gasteiger partial charge in [-0.2, -0.15) is 0 Å². The number of rotatable bonds is 6. The van der Waals surface area contributed by atoms with Gasteiger partial charge in [-0.15, -0.1) is 0 Å². The highest BCUT2D eigenvalue weighted by Gasteiger charge is 2.18. The number of pyridine rings is 1. The SMILES string of the molecule is O=C(O)CCc1c[nH]c2c(=O)[nH]c3ccc(S(=O)(=O)Nc4ccc(O)cc4)cc3c12. The largest absolute Gasteiger partial charge is 0.508 e. The maximum absolute atomic E-state index is 12.8. The number of phenolic OH excluding ortho intramolecular Hbond substituents is 1. The molecule has 9 nitrogen and oxygen atoms in total. The van der Waals surface area contributed by atoms with Gasteiger partial charge in [0.2, 0.25) is 0 Å². The molecule has 0 fully saturated rings. The molecule has 2 aromatic heterocycles. The van der Waals surface area contributed by atoms with Gasteiger partial charge in [0.15, 0.2) is 0 Å². The molecule has 2 aromatic carbocycles. The Labute approximate surface area is 170 Å². The molecular weight excluding hydrogens is 410 g/mol. The standard InChI is InChI=1S/C20H17N3O6S/c24-13-4-2-12(3-5-13)23-30(28,29)14-6-7-16-15(9-14)18-11(1-8-17(25)26)10-21-19(18)20(27)22-16/h2-7,9-10,21,23-24H,1,8H2,(H,22,27)(H,25,26). The number of phenols is 1. The first-order chi connectivity index (χ1) is 14.2. The molecule has 0 bridgehead atoms. The second-order valence-corrected chi connectivity index (χ2v) is 8.45. The molecule has 0 aliphatic carbocycles. The van der Waals surface area contributed by atoms with Crippen molar-refractivity contribution in [3.63, 3.8) is 0 Å². The van der Waals surface area contributed by atoms with E-state index >= 15 is 0 Å². The smallest absolute Gasteiger partial charge is 0.303 e. The molecule has 0 aliphatic rings. The summed E-state index contributed by atoms with van der Waals surface area (Å²) < 4.78 is 28.1. The molecule has 4 rings (SSSR count). The summed E-state index contributed by atoms with van der Waals surface area (Å²) in [6, 6.07) is 9.89. The molecular formula is C20H17N3O6S. The summed E-state index contributed by atoms with van der Waals surface area (Å²) in [6.07, 6.45) is 1.64. The lowest BCUT2D eigenvalue weighted by Crippen LogP contribution is -2.13. The summed E-state index contributed by atoms with van der Waals surface area (Å²) in [4.78, 5) is 28.8. The molecule has 30 heavy (non-hydrogen) atoms. The zero-order valence-electron chi connectivity index (χ0n) is 15.5. The van der Waals surface area contributed by atoms with Crippen LogP contribution in [-0.2, 0) is 21.2 Å². The Kier molecular flexibility index (Phi) is 4.70. The zero-order valence-corrected chi connectivity index (χ0v) is 16.3. The number of benzene rings is 2. The lowest BCUT2D eigenvalue weighted by molar-refractivity contribution is -0.136. The Morgan fingerprint density at radius 2 is 1.83 bits per heavy atom. The Hall–Kier alpha value is -3.79. The molecule has 4 aromatic rings. The highest BCUT2D eigenvalue weighted by atomic mass is 32.2. The van der Waals surface area contributed by atoms with Gasteiger partial charge in [-0.05, 0) is 54.4 Å². The number of carboxylic acids is 1. The summed E-state index contributed by atoms with van der Waals surface area (Å²) >= 11 is 0. The highest BCUT2D eigenvalue weighted by molar-refractivity contribution is 7.92. The molecule has 154 valence electrons. The number of sulfonamides is 1. The number of hydrogen-bond acceptors (Lipinski definition) is 5. The van der Waals surface area contributed by atoms with Gasteiger partial charge in [0.05, 0.1) is 4.90 Å². The summed E-state index contributed by atoms with van der Waals surface area (Å²) in [5.41, 5.74) is 1.21. The Bertz CT molecular complexity index is 1440. The second kappa shape index (κ2) is 7.23.